The molecule has 4 aromatic rings. The third kappa shape index (κ3) is 5.95. The molecule has 58 heavy (non-hydrogen) atoms. The maximum Gasteiger partial charge on any atom is 0.280 e. The van der Waals surface area contributed by atoms with Crippen LogP contribution in [0.3, 0.4) is 0 Å². The van der Waals surface area contributed by atoms with Gasteiger partial charge in [0.2, 0.25) is 34.8 Å². The smallest absolute Gasteiger partial charge is 0.280 e. The molecule has 5 aliphatic rings. The van der Waals surface area contributed by atoms with Crippen LogP contribution in [-0.2, 0) is 22.7 Å². The Hall–Kier alpha value is -7.86. The molecule has 2 aliphatic heterocycles. The summed E-state index contributed by atoms with van der Waals surface area (Å²) >= 11 is 0. The summed E-state index contributed by atoms with van der Waals surface area (Å²) < 4.78 is 19.7. The van der Waals surface area contributed by atoms with Gasteiger partial charge in [0.05, 0.1) is 22.5 Å². The molecule has 0 spiro atoms. The van der Waals surface area contributed by atoms with Gasteiger partial charge in [-0.15, -0.1) is 0 Å². The number of carbonyl (C=O) groups excluding carboxylic acids is 2. The number of hydrogen-bond acceptors (Lipinski definition) is 6. The molecule has 0 saturated heterocycles. The Morgan fingerprint density at radius 3 is 1.28 bits per heavy atom. The van der Waals surface area contributed by atoms with E-state index in [1.807, 2.05) is 123 Å². The number of nitrogens with zero attached hydrogens (tertiary/aromatic N) is 4. The molecule has 0 aromatic heterocycles. The standard InChI is InChI=1S/C46H34N6O6/c1-3-49-37(27-47-39-33-21-13-11-15-29(33)23-25-35(39)53)57-45-41(51(49)31-17-7-5-8-18-31)43(55)46-42(44(45)56)52(32-19-9-6-10-20-32)50(4-2)38(58-46)28-48-40-34-22-14-12-16-30(34)24-26-36(40)54/h5-28H,3-4H2,1-2H3/p+2. The number of fused-ring (bicyclic) bond motifs is 2. The van der Waals surface area contributed by atoms with E-state index in [0.29, 0.717) is 47.0 Å². The molecule has 2 heterocycles. The topological polar surface area (TPSA) is 142 Å². The van der Waals surface area contributed by atoms with E-state index in [1.54, 1.807) is 30.9 Å². The zero-order chi connectivity index (χ0) is 39.9. The van der Waals surface area contributed by atoms with Gasteiger partial charge in [-0.05, 0) is 85.7 Å². The summed E-state index contributed by atoms with van der Waals surface area (Å²) in [5, 5.41) is -0.102. The Balaban J connectivity index is 1.43. The molecule has 0 atom stereocenters. The first-order valence-corrected chi connectivity index (χ1v) is 18.9. The zero-order valence-electron chi connectivity index (χ0n) is 31.5. The summed E-state index contributed by atoms with van der Waals surface area (Å²) in [4.78, 5) is 62.9. The minimum atomic E-state index is -0.605. The molecule has 12 nitrogen and oxygen atoms in total. The molecule has 2 N–H and O–H groups in total. The van der Waals surface area contributed by atoms with E-state index in [9.17, 15) is 9.59 Å². The van der Waals surface area contributed by atoms with E-state index in [4.69, 9.17) is 8.83 Å². The highest BCUT2D eigenvalue weighted by atomic mass is 16.4. The van der Waals surface area contributed by atoms with Crippen LogP contribution in [0, 0.1) is 21.5 Å². The van der Waals surface area contributed by atoms with Crippen molar-refractivity contribution < 1.29 is 28.4 Å². The van der Waals surface area contributed by atoms with Crippen LogP contribution < -0.4 is 31.9 Å². The normalized spacial score (nSPS) is 15.6. The largest absolute Gasteiger partial charge is 0.428 e. The molecule has 0 bridgehead atoms. The monoisotopic (exact) mass is 768 g/mol. The molecule has 9 rings (SSSR count). The van der Waals surface area contributed by atoms with Crippen molar-refractivity contribution in [1.29, 1.82) is 0 Å². The second-order valence-corrected chi connectivity index (χ2v) is 13.5. The number of hydrogen-bond donors (Lipinski definition) is 2. The molecular formula is C46H36N6O6+2. The molecule has 4 aromatic carbocycles. The van der Waals surface area contributed by atoms with Crippen LogP contribution in [0.25, 0.3) is 35.9 Å². The summed E-state index contributed by atoms with van der Waals surface area (Å²) in [6.45, 7) is 4.36. The fourth-order valence-corrected chi connectivity index (χ4v) is 7.51. The van der Waals surface area contributed by atoms with Crippen molar-refractivity contribution in [3.63, 3.8) is 0 Å². The van der Waals surface area contributed by atoms with E-state index in [0.717, 1.165) is 11.1 Å². The van der Waals surface area contributed by atoms with Gasteiger partial charge in [0.25, 0.3) is 33.4 Å². The van der Waals surface area contributed by atoms with Crippen LogP contribution in [0.5, 0.6) is 0 Å². The summed E-state index contributed by atoms with van der Waals surface area (Å²) in [6, 6.07) is 33.4. The average Bonchev–Trinajstić information content (AvgIpc) is 3.27. The van der Waals surface area contributed by atoms with Crippen LogP contribution in [-0.4, -0.2) is 41.7 Å². The lowest BCUT2D eigenvalue weighted by Crippen LogP contribution is -2.70. The van der Waals surface area contributed by atoms with Crippen molar-refractivity contribution in [1.82, 2.24) is 18.7 Å². The van der Waals surface area contributed by atoms with E-state index < -0.39 is 10.9 Å². The quantitative estimate of drug-likeness (QED) is 0.261. The van der Waals surface area contributed by atoms with Gasteiger partial charge in [-0.2, -0.15) is 0 Å². The van der Waals surface area contributed by atoms with E-state index in [2.05, 4.69) is 9.98 Å². The number of allylic oxidation sites excluding steroid dienone is 2. The summed E-state index contributed by atoms with van der Waals surface area (Å²) in [5.41, 5.74) is 3.70. The Kier molecular flexibility index (Phi) is 9.05. The van der Waals surface area contributed by atoms with Crippen molar-refractivity contribution in [2.75, 3.05) is 0 Å². The first-order chi connectivity index (χ1) is 28.4. The number of ketones is 2. The Morgan fingerprint density at radius 1 is 0.500 bits per heavy atom. The fourth-order valence-electron chi connectivity index (χ4n) is 7.51. The minimum Gasteiger partial charge on any atom is -0.428 e. The van der Waals surface area contributed by atoms with E-state index in [1.165, 1.54) is 24.6 Å². The predicted octanol–water partition coefficient (Wildman–Crippen LogP) is 1.20. The Labute approximate surface area is 328 Å². The number of benzene rings is 4. The molecule has 0 saturated carbocycles. The summed E-state index contributed by atoms with van der Waals surface area (Å²) in [5.74, 6) is -0.452. The highest BCUT2D eigenvalue weighted by molar-refractivity contribution is 6.50. The molecule has 0 fully saturated rings. The average molecular weight is 769 g/mol. The molecule has 12 heteroatoms. The van der Waals surface area contributed by atoms with Crippen LogP contribution in [0.1, 0.15) is 36.1 Å². The molecule has 0 radical (unpaired) electrons. The maximum atomic E-state index is 15.1. The van der Waals surface area contributed by atoms with Crippen LogP contribution in [0.15, 0.2) is 140 Å². The van der Waals surface area contributed by atoms with Gasteiger partial charge in [0.15, 0.2) is 10.7 Å². The molecule has 0 unspecified atom stereocenters. The zero-order valence-corrected chi connectivity index (χ0v) is 31.5. The summed E-state index contributed by atoms with van der Waals surface area (Å²) in [6.07, 6.45) is 9.59. The summed E-state index contributed by atoms with van der Waals surface area (Å²) in [7, 11) is 0. The first-order valence-electron chi connectivity index (χ1n) is 18.9. The van der Waals surface area contributed by atoms with Crippen molar-refractivity contribution >= 4 is 47.5 Å². The highest BCUT2D eigenvalue weighted by Gasteiger charge is 2.26. The van der Waals surface area contributed by atoms with Crippen LogP contribution in [0.4, 0.5) is 0 Å². The highest BCUT2D eigenvalue weighted by Crippen LogP contribution is 2.17. The van der Waals surface area contributed by atoms with Gasteiger partial charge in [-0.1, -0.05) is 72.8 Å². The lowest BCUT2D eigenvalue weighted by molar-refractivity contribution is -0.331. The van der Waals surface area contributed by atoms with Gasteiger partial charge in [0.1, 0.15) is 0 Å². The van der Waals surface area contributed by atoms with Crippen molar-refractivity contribution in [3.8, 4) is 11.4 Å². The molecular weight excluding hydrogens is 733 g/mol. The van der Waals surface area contributed by atoms with E-state index in [-0.39, 0.29) is 44.2 Å². The Morgan fingerprint density at radius 2 is 0.879 bits per heavy atom. The van der Waals surface area contributed by atoms with Gasteiger partial charge in [-0.3, -0.25) is 19.2 Å². The number of nitrogens with one attached hydrogen (secondary N) is 2. The van der Waals surface area contributed by atoms with Gasteiger partial charge < -0.3 is 8.83 Å². The fraction of sp³-hybridized carbons (Fsp3) is 0.0870. The lowest BCUT2D eigenvalue weighted by Gasteiger charge is -2.18. The van der Waals surface area contributed by atoms with Crippen molar-refractivity contribution in [3.05, 3.63) is 197 Å². The first kappa shape index (κ1) is 35.8. The van der Waals surface area contributed by atoms with Gasteiger partial charge in [-0.25, -0.2) is 28.7 Å². The van der Waals surface area contributed by atoms with Crippen molar-refractivity contribution in [2.24, 2.45) is 0 Å². The third-order valence-electron chi connectivity index (χ3n) is 10.2. The van der Waals surface area contributed by atoms with Crippen LogP contribution >= 0.6 is 0 Å². The number of para-hydroxylation sites is 2. The number of aromatic nitrogens is 4. The molecule has 3 aliphatic carbocycles. The third-order valence-corrected chi connectivity index (χ3v) is 10.2. The second-order valence-electron chi connectivity index (χ2n) is 13.5. The lowest BCUT2D eigenvalue weighted by atomic mass is 9.95. The number of rotatable bonds is 6. The SMILES string of the molecule is CCn1c(=C[NH+]=C2C(=O)C=Cc3ccccc32)oc2c(=O)c3n(-c4ccccc4)n(CC)c(=C[NH+]=C4C(=O)C=Cc5ccccc54)oc=3c(=O)c=2n1-c1ccccc1. The number of carbonyl (C=O) groups is 2. The van der Waals surface area contributed by atoms with Gasteiger partial charge in [0, 0.05) is 13.1 Å². The van der Waals surface area contributed by atoms with Crippen molar-refractivity contribution in [2.45, 2.75) is 26.9 Å². The Bertz CT molecular complexity index is 3160. The predicted molar refractivity (Wildman–Crippen MR) is 217 cm³/mol. The molecule has 284 valence electrons. The molecule has 0 amide bonds. The van der Waals surface area contributed by atoms with Crippen LogP contribution in [0.2, 0.25) is 0 Å². The maximum absolute atomic E-state index is 15.1. The van der Waals surface area contributed by atoms with Gasteiger partial charge >= 0.3 is 0 Å². The second kappa shape index (κ2) is 14.7. The van der Waals surface area contributed by atoms with E-state index >= 15 is 9.59 Å². The minimum absolute atomic E-state index is 0.0511.